The van der Waals surface area contributed by atoms with Gasteiger partial charge in [0, 0.05) is 31.1 Å². The molecule has 1 amide bonds. The maximum absolute atomic E-state index is 11.7. The number of hydrogen-bond donors (Lipinski definition) is 2. The number of carbonyl (C=O) groups excluding carboxylic acids is 1. The zero-order valence-electron chi connectivity index (χ0n) is 14.5. The van der Waals surface area contributed by atoms with Crippen LogP contribution in [-0.2, 0) is 4.79 Å². The van der Waals surface area contributed by atoms with E-state index in [0.717, 1.165) is 32.1 Å². The van der Waals surface area contributed by atoms with Crippen LogP contribution in [0.3, 0.4) is 0 Å². The molecule has 4 nitrogen and oxygen atoms in total. The Bertz CT molecular complexity index is 293. The number of hydrogen-bond acceptors (Lipinski definition) is 3. The Morgan fingerprint density at radius 3 is 2.43 bits per heavy atom. The van der Waals surface area contributed by atoms with Gasteiger partial charge in [0.2, 0.25) is 5.91 Å². The first-order valence-corrected chi connectivity index (χ1v) is 8.60. The topological polar surface area (TPSA) is 44.4 Å². The van der Waals surface area contributed by atoms with Crippen molar-refractivity contribution in [1.29, 1.82) is 0 Å². The maximum Gasteiger partial charge on any atom is 0.221 e. The summed E-state index contributed by atoms with van der Waals surface area (Å²) in [4.78, 5) is 14.2. The SMILES string of the molecule is CN(CCCNC(=O)CCNC(C)(C)C)C1CCCCC1. The van der Waals surface area contributed by atoms with Gasteiger partial charge in [-0.3, -0.25) is 4.79 Å². The van der Waals surface area contributed by atoms with Crippen LogP contribution in [0.15, 0.2) is 0 Å². The molecule has 0 saturated heterocycles. The highest BCUT2D eigenvalue weighted by Gasteiger charge is 2.17. The standard InChI is InChI=1S/C17H35N3O/c1-17(2,3)19-13-11-16(21)18-12-8-14-20(4)15-9-6-5-7-10-15/h15,19H,5-14H2,1-4H3,(H,18,21). The molecule has 1 aliphatic rings. The van der Waals surface area contributed by atoms with Crippen molar-refractivity contribution >= 4 is 5.91 Å². The predicted octanol–water partition coefficient (Wildman–Crippen LogP) is 2.54. The van der Waals surface area contributed by atoms with Gasteiger partial charge in [-0.1, -0.05) is 19.3 Å². The van der Waals surface area contributed by atoms with E-state index < -0.39 is 0 Å². The van der Waals surface area contributed by atoms with Crippen LogP contribution in [0.2, 0.25) is 0 Å². The first-order valence-electron chi connectivity index (χ1n) is 8.60. The zero-order valence-corrected chi connectivity index (χ0v) is 14.5. The molecular formula is C17H35N3O. The molecule has 0 aromatic carbocycles. The molecule has 0 aromatic rings. The maximum atomic E-state index is 11.7. The minimum Gasteiger partial charge on any atom is -0.356 e. The molecule has 1 rings (SSSR count). The molecule has 1 fully saturated rings. The summed E-state index contributed by atoms with van der Waals surface area (Å²) in [6, 6.07) is 0.769. The van der Waals surface area contributed by atoms with E-state index in [4.69, 9.17) is 0 Å². The summed E-state index contributed by atoms with van der Waals surface area (Å²) in [6.07, 6.45) is 8.48. The Morgan fingerprint density at radius 2 is 1.81 bits per heavy atom. The fourth-order valence-electron chi connectivity index (χ4n) is 2.90. The molecule has 21 heavy (non-hydrogen) atoms. The van der Waals surface area contributed by atoms with Gasteiger partial charge in [-0.15, -0.1) is 0 Å². The lowest BCUT2D eigenvalue weighted by atomic mass is 9.94. The Balaban J connectivity index is 2.01. The van der Waals surface area contributed by atoms with E-state index in [2.05, 4.69) is 43.4 Å². The minimum atomic E-state index is 0.0863. The molecule has 1 aliphatic carbocycles. The summed E-state index contributed by atoms with van der Waals surface area (Å²) >= 11 is 0. The monoisotopic (exact) mass is 297 g/mol. The Labute approximate surface area is 131 Å². The van der Waals surface area contributed by atoms with Crippen LogP contribution >= 0.6 is 0 Å². The lowest BCUT2D eigenvalue weighted by Gasteiger charge is -2.31. The van der Waals surface area contributed by atoms with Crippen LogP contribution in [0.4, 0.5) is 0 Å². The van der Waals surface area contributed by atoms with E-state index in [0.29, 0.717) is 6.42 Å². The van der Waals surface area contributed by atoms with Crippen LogP contribution in [-0.4, -0.2) is 49.1 Å². The highest BCUT2D eigenvalue weighted by Crippen LogP contribution is 2.21. The van der Waals surface area contributed by atoms with Crippen molar-refractivity contribution in [3.05, 3.63) is 0 Å². The molecule has 124 valence electrons. The van der Waals surface area contributed by atoms with Crippen molar-refractivity contribution in [2.24, 2.45) is 0 Å². The fourth-order valence-corrected chi connectivity index (χ4v) is 2.90. The highest BCUT2D eigenvalue weighted by molar-refractivity contribution is 5.76. The van der Waals surface area contributed by atoms with Crippen molar-refractivity contribution < 1.29 is 4.79 Å². The minimum absolute atomic E-state index is 0.0863. The second-order valence-corrected chi connectivity index (χ2v) is 7.40. The molecule has 0 atom stereocenters. The molecule has 1 saturated carbocycles. The van der Waals surface area contributed by atoms with Crippen LogP contribution in [0.25, 0.3) is 0 Å². The number of nitrogens with one attached hydrogen (secondary N) is 2. The molecule has 0 bridgehead atoms. The predicted molar refractivity (Wildman–Crippen MR) is 89.5 cm³/mol. The average molecular weight is 297 g/mol. The molecule has 0 aromatic heterocycles. The number of amides is 1. The van der Waals surface area contributed by atoms with Gasteiger partial charge in [0.05, 0.1) is 0 Å². The van der Waals surface area contributed by atoms with E-state index in [9.17, 15) is 4.79 Å². The molecule has 2 N–H and O–H groups in total. The van der Waals surface area contributed by atoms with Crippen LogP contribution in [0, 0.1) is 0 Å². The van der Waals surface area contributed by atoms with Gasteiger partial charge in [-0.05, 0) is 53.6 Å². The summed E-state index contributed by atoms with van der Waals surface area (Å²) in [7, 11) is 2.23. The van der Waals surface area contributed by atoms with Gasteiger partial charge in [-0.2, -0.15) is 0 Å². The third-order valence-electron chi connectivity index (χ3n) is 4.22. The van der Waals surface area contributed by atoms with Gasteiger partial charge in [0.15, 0.2) is 0 Å². The zero-order chi connectivity index (χ0) is 15.7. The van der Waals surface area contributed by atoms with Gasteiger partial charge in [-0.25, -0.2) is 0 Å². The van der Waals surface area contributed by atoms with E-state index >= 15 is 0 Å². The molecule has 0 spiro atoms. The third-order valence-corrected chi connectivity index (χ3v) is 4.22. The highest BCUT2D eigenvalue weighted by atomic mass is 16.1. The van der Waals surface area contributed by atoms with E-state index in [1.165, 1.54) is 32.1 Å². The van der Waals surface area contributed by atoms with Crippen molar-refractivity contribution in [3.8, 4) is 0 Å². The van der Waals surface area contributed by atoms with Crippen LogP contribution in [0.1, 0.15) is 65.7 Å². The summed E-state index contributed by atoms with van der Waals surface area (Å²) in [5, 5.41) is 6.36. The smallest absolute Gasteiger partial charge is 0.221 e. The Morgan fingerprint density at radius 1 is 1.14 bits per heavy atom. The molecular weight excluding hydrogens is 262 g/mol. The number of carbonyl (C=O) groups is 1. The quantitative estimate of drug-likeness (QED) is 0.677. The van der Waals surface area contributed by atoms with Crippen molar-refractivity contribution in [3.63, 3.8) is 0 Å². The second kappa shape index (κ2) is 9.42. The van der Waals surface area contributed by atoms with Crippen molar-refractivity contribution in [2.75, 3.05) is 26.7 Å². The molecule has 0 unspecified atom stereocenters. The summed E-state index contributed by atoms with van der Waals surface area (Å²) < 4.78 is 0. The van der Waals surface area contributed by atoms with Crippen LogP contribution < -0.4 is 10.6 Å². The first-order chi connectivity index (χ1) is 9.88. The second-order valence-electron chi connectivity index (χ2n) is 7.40. The Kier molecular flexibility index (Phi) is 8.27. The van der Waals surface area contributed by atoms with Gasteiger partial charge in [0.1, 0.15) is 0 Å². The van der Waals surface area contributed by atoms with Gasteiger partial charge >= 0.3 is 0 Å². The molecule has 4 heteroatoms. The third kappa shape index (κ3) is 9.10. The lowest BCUT2D eigenvalue weighted by molar-refractivity contribution is -0.121. The van der Waals surface area contributed by atoms with E-state index in [1.807, 2.05) is 0 Å². The van der Waals surface area contributed by atoms with Crippen molar-refractivity contribution in [2.45, 2.75) is 77.3 Å². The first kappa shape index (κ1) is 18.4. The molecule has 0 radical (unpaired) electrons. The van der Waals surface area contributed by atoms with Crippen molar-refractivity contribution in [1.82, 2.24) is 15.5 Å². The van der Waals surface area contributed by atoms with E-state index in [-0.39, 0.29) is 11.4 Å². The van der Waals surface area contributed by atoms with Gasteiger partial charge < -0.3 is 15.5 Å². The Hall–Kier alpha value is -0.610. The molecule has 0 aliphatic heterocycles. The lowest BCUT2D eigenvalue weighted by Crippen LogP contribution is -2.39. The largest absolute Gasteiger partial charge is 0.356 e. The van der Waals surface area contributed by atoms with Gasteiger partial charge in [0.25, 0.3) is 0 Å². The summed E-state index contributed by atoms with van der Waals surface area (Å²) in [5.74, 6) is 0.159. The summed E-state index contributed by atoms with van der Waals surface area (Å²) in [5.41, 5.74) is 0.0863. The fraction of sp³-hybridized carbons (Fsp3) is 0.941. The molecule has 0 heterocycles. The summed E-state index contributed by atoms with van der Waals surface area (Å²) in [6.45, 7) is 8.98. The average Bonchev–Trinajstić information content (AvgIpc) is 2.43. The van der Waals surface area contributed by atoms with E-state index in [1.54, 1.807) is 0 Å². The van der Waals surface area contributed by atoms with Crippen LogP contribution in [0.5, 0.6) is 0 Å². The number of nitrogens with zero attached hydrogens (tertiary/aromatic N) is 1. The number of rotatable bonds is 8. The normalized spacial score (nSPS) is 17.2.